The van der Waals surface area contributed by atoms with Crippen LogP contribution in [0.5, 0.6) is 5.75 Å². The van der Waals surface area contributed by atoms with Gasteiger partial charge in [0.1, 0.15) is 23.0 Å². The number of Topliss-reactive ketones (excluding diaryl/α,β-unsaturated/α-hetero) is 1. The summed E-state index contributed by atoms with van der Waals surface area (Å²) in [6, 6.07) is 2.75. The molecule has 0 aromatic heterocycles. The van der Waals surface area contributed by atoms with Crippen LogP contribution in [0.1, 0.15) is 30.4 Å². The van der Waals surface area contributed by atoms with Gasteiger partial charge in [0, 0.05) is 24.2 Å². The van der Waals surface area contributed by atoms with Crippen molar-refractivity contribution in [2.24, 2.45) is 0 Å². The number of halogens is 1. The smallest absolute Gasteiger partial charge is 0.236 e. The van der Waals surface area contributed by atoms with E-state index in [4.69, 9.17) is 9.47 Å². The van der Waals surface area contributed by atoms with E-state index in [1.54, 1.807) is 6.92 Å². The molecule has 2 fully saturated rings. The SMILES string of the molecule is CC#Cc1cc(F)c(C2C(=O)NC3(CCOC3)C2=O)c(OC)c1. The number of ketones is 1. The van der Waals surface area contributed by atoms with E-state index in [2.05, 4.69) is 17.2 Å². The number of rotatable bonds is 2. The topological polar surface area (TPSA) is 64.6 Å². The lowest BCUT2D eigenvalue weighted by Crippen LogP contribution is -2.47. The summed E-state index contributed by atoms with van der Waals surface area (Å²) in [7, 11) is 1.37. The zero-order valence-corrected chi connectivity index (χ0v) is 12.9. The summed E-state index contributed by atoms with van der Waals surface area (Å²) in [6.45, 7) is 2.15. The molecule has 1 N–H and O–H groups in total. The third-order valence-electron chi connectivity index (χ3n) is 4.25. The van der Waals surface area contributed by atoms with E-state index >= 15 is 0 Å². The Hall–Kier alpha value is -2.39. The average molecular weight is 317 g/mol. The number of nitrogens with one attached hydrogen (secondary N) is 1. The van der Waals surface area contributed by atoms with Crippen LogP contribution in [0.4, 0.5) is 4.39 Å². The molecule has 2 heterocycles. The Bertz CT molecular complexity index is 741. The van der Waals surface area contributed by atoms with Gasteiger partial charge >= 0.3 is 0 Å². The zero-order valence-electron chi connectivity index (χ0n) is 12.9. The Morgan fingerprint density at radius 3 is 2.83 bits per heavy atom. The average Bonchev–Trinajstić information content (AvgIpc) is 3.07. The van der Waals surface area contributed by atoms with Gasteiger partial charge in [-0.1, -0.05) is 5.92 Å². The molecule has 2 atom stereocenters. The Balaban J connectivity index is 2.09. The quantitative estimate of drug-likeness (QED) is 0.656. The molecule has 0 bridgehead atoms. The van der Waals surface area contributed by atoms with Gasteiger partial charge in [-0.2, -0.15) is 0 Å². The summed E-state index contributed by atoms with van der Waals surface area (Å²) in [6.07, 6.45) is 0.400. The van der Waals surface area contributed by atoms with Crippen molar-refractivity contribution in [1.82, 2.24) is 5.32 Å². The second kappa shape index (κ2) is 5.67. The predicted molar refractivity (Wildman–Crippen MR) is 79.6 cm³/mol. The summed E-state index contributed by atoms with van der Waals surface area (Å²) in [4.78, 5) is 25.1. The minimum atomic E-state index is -1.23. The fourth-order valence-electron chi connectivity index (χ4n) is 3.14. The largest absolute Gasteiger partial charge is 0.496 e. The first-order valence-corrected chi connectivity index (χ1v) is 7.26. The molecule has 0 aliphatic carbocycles. The normalized spacial score (nSPS) is 26.1. The molecule has 120 valence electrons. The van der Waals surface area contributed by atoms with E-state index < -0.39 is 23.2 Å². The molecule has 3 rings (SSSR count). The maximum absolute atomic E-state index is 14.6. The van der Waals surface area contributed by atoms with Crippen molar-refractivity contribution in [2.75, 3.05) is 20.3 Å². The van der Waals surface area contributed by atoms with Crippen molar-refractivity contribution in [3.8, 4) is 17.6 Å². The Kier molecular flexibility index (Phi) is 3.82. The number of carbonyl (C=O) groups excluding carboxylic acids is 2. The van der Waals surface area contributed by atoms with Gasteiger partial charge in [0.25, 0.3) is 0 Å². The van der Waals surface area contributed by atoms with Gasteiger partial charge in [-0.25, -0.2) is 4.39 Å². The van der Waals surface area contributed by atoms with E-state index in [1.807, 2.05) is 0 Å². The molecule has 1 aromatic carbocycles. The fourth-order valence-corrected chi connectivity index (χ4v) is 3.14. The summed E-state index contributed by atoms with van der Waals surface area (Å²) < 4.78 is 25.0. The van der Waals surface area contributed by atoms with Gasteiger partial charge in [-0.15, -0.1) is 5.92 Å². The molecular formula is C17H16FNO4. The highest BCUT2D eigenvalue weighted by molar-refractivity contribution is 6.17. The van der Waals surface area contributed by atoms with Crippen LogP contribution in [0.15, 0.2) is 12.1 Å². The molecule has 2 unspecified atom stereocenters. The van der Waals surface area contributed by atoms with Gasteiger partial charge in [-0.3, -0.25) is 9.59 Å². The molecule has 0 saturated carbocycles. The number of amides is 1. The standard InChI is InChI=1S/C17H16FNO4/c1-3-4-10-7-11(18)13(12(8-10)22-2)14-15(20)17(19-16(14)21)5-6-23-9-17/h7-8,14H,5-6,9H2,1-2H3,(H,19,21). The fraction of sp³-hybridized carbons (Fsp3) is 0.412. The maximum Gasteiger partial charge on any atom is 0.236 e. The van der Waals surface area contributed by atoms with Crippen LogP contribution in [0, 0.1) is 17.7 Å². The van der Waals surface area contributed by atoms with E-state index in [9.17, 15) is 14.0 Å². The molecule has 5 nitrogen and oxygen atoms in total. The lowest BCUT2D eigenvalue weighted by atomic mass is 9.85. The molecule has 2 aliphatic rings. The lowest BCUT2D eigenvalue weighted by molar-refractivity contribution is -0.125. The van der Waals surface area contributed by atoms with Crippen LogP contribution in [0.2, 0.25) is 0 Å². The van der Waals surface area contributed by atoms with Crippen molar-refractivity contribution in [3.05, 3.63) is 29.1 Å². The monoisotopic (exact) mass is 317 g/mol. The first kappa shape index (κ1) is 15.5. The number of carbonyl (C=O) groups is 2. The first-order chi connectivity index (χ1) is 11.0. The Morgan fingerprint density at radius 1 is 1.43 bits per heavy atom. The maximum atomic E-state index is 14.6. The van der Waals surface area contributed by atoms with Crippen molar-refractivity contribution in [2.45, 2.75) is 24.8 Å². The highest BCUT2D eigenvalue weighted by Crippen LogP contribution is 2.39. The van der Waals surface area contributed by atoms with Crippen molar-refractivity contribution in [3.63, 3.8) is 0 Å². The van der Waals surface area contributed by atoms with Gasteiger partial charge in [0.2, 0.25) is 5.91 Å². The molecule has 6 heteroatoms. The molecular weight excluding hydrogens is 301 g/mol. The van der Waals surface area contributed by atoms with Crippen LogP contribution in [0.25, 0.3) is 0 Å². The predicted octanol–water partition coefficient (Wildman–Crippen LogP) is 1.15. The summed E-state index contributed by atoms with van der Waals surface area (Å²) in [5.74, 6) is 2.76. The molecule has 1 spiro atoms. The Labute approximate surface area is 133 Å². The van der Waals surface area contributed by atoms with E-state index in [0.29, 0.717) is 18.6 Å². The highest BCUT2D eigenvalue weighted by atomic mass is 19.1. The zero-order chi connectivity index (χ0) is 16.6. The highest BCUT2D eigenvalue weighted by Gasteiger charge is 2.56. The molecule has 0 radical (unpaired) electrons. The minimum Gasteiger partial charge on any atom is -0.496 e. The minimum absolute atomic E-state index is 0.0413. The second-order valence-corrected chi connectivity index (χ2v) is 5.62. The van der Waals surface area contributed by atoms with Crippen molar-refractivity contribution >= 4 is 11.7 Å². The molecule has 1 aromatic rings. The first-order valence-electron chi connectivity index (χ1n) is 7.26. The van der Waals surface area contributed by atoms with Crippen molar-refractivity contribution in [1.29, 1.82) is 0 Å². The van der Waals surface area contributed by atoms with Crippen LogP contribution in [-0.4, -0.2) is 37.6 Å². The molecule has 2 aliphatic heterocycles. The summed E-state index contributed by atoms with van der Waals surface area (Å²) in [5, 5.41) is 2.68. The van der Waals surface area contributed by atoms with Gasteiger partial charge in [-0.05, 0) is 19.1 Å². The Morgan fingerprint density at radius 2 is 2.22 bits per heavy atom. The van der Waals surface area contributed by atoms with Gasteiger partial charge < -0.3 is 14.8 Å². The molecule has 2 saturated heterocycles. The van der Waals surface area contributed by atoms with E-state index in [0.717, 1.165) is 0 Å². The number of hydrogen-bond donors (Lipinski definition) is 1. The number of methoxy groups -OCH3 is 1. The lowest BCUT2D eigenvalue weighted by Gasteiger charge is -2.19. The van der Waals surface area contributed by atoms with Crippen LogP contribution < -0.4 is 10.1 Å². The second-order valence-electron chi connectivity index (χ2n) is 5.62. The molecule has 23 heavy (non-hydrogen) atoms. The third kappa shape index (κ3) is 2.37. The third-order valence-corrected chi connectivity index (χ3v) is 4.25. The van der Waals surface area contributed by atoms with E-state index in [-0.39, 0.29) is 23.7 Å². The van der Waals surface area contributed by atoms with Crippen LogP contribution in [0.3, 0.4) is 0 Å². The van der Waals surface area contributed by atoms with Crippen LogP contribution >= 0.6 is 0 Å². The summed E-state index contributed by atoms with van der Waals surface area (Å²) in [5.41, 5.74) is -0.656. The number of benzene rings is 1. The summed E-state index contributed by atoms with van der Waals surface area (Å²) >= 11 is 0. The van der Waals surface area contributed by atoms with Crippen molar-refractivity contribution < 1.29 is 23.5 Å². The number of ether oxygens (including phenoxy) is 2. The van der Waals surface area contributed by atoms with Gasteiger partial charge in [0.05, 0.1) is 13.7 Å². The van der Waals surface area contributed by atoms with Crippen LogP contribution in [-0.2, 0) is 14.3 Å². The van der Waals surface area contributed by atoms with E-state index in [1.165, 1.54) is 19.2 Å². The number of hydrogen-bond acceptors (Lipinski definition) is 4. The molecule has 1 amide bonds. The van der Waals surface area contributed by atoms with Gasteiger partial charge in [0.15, 0.2) is 5.78 Å².